The molecule has 6 heteroatoms. The number of nitrogens with zero attached hydrogens (tertiary/aromatic N) is 1. The number of rotatable bonds is 3. The number of nitrogens with one attached hydrogen (secondary N) is 1. The van der Waals surface area contributed by atoms with Gasteiger partial charge in [0.15, 0.2) is 0 Å². The van der Waals surface area contributed by atoms with Crippen molar-refractivity contribution in [3.63, 3.8) is 0 Å². The Morgan fingerprint density at radius 3 is 2.55 bits per heavy atom. The number of ether oxygens (including phenoxy) is 1. The Labute approximate surface area is 177 Å². The van der Waals surface area contributed by atoms with E-state index in [1.54, 1.807) is 23.1 Å². The van der Waals surface area contributed by atoms with E-state index in [1.165, 1.54) is 7.11 Å². The largest absolute Gasteiger partial charge is 0.496 e. The monoisotopic (exact) mass is 450 g/mol. The van der Waals surface area contributed by atoms with Crippen LogP contribution in [0.5, 0.6) is 5.75 Å². The van der Waals surface area contributed by atoms with Crippen LogP contribution in [-0.4, -0.2) is 30.4 Å². The summed E-state index contributed by atoms with van der Waals surface area (Å²) in [6.07, 6.45) is 0. The van der Waals surface area contributed by atoms with Crippen LogP contribution in [0.3, 0.4) is 0 Å². The lowest BCUT2D eigenvalue weighted by atomic mass is 9.95. The first-order valence-corrected chi connectivity index (χ1v) is 9.96. The van der Waals surface area contributed by atoms with Crippen LogP contribution < -0.4 is 10.1 Å². The van der Waals surface area contributed by atoms with Crippen LogP contribution in [0.25, 0.3) is 0 Å². The average molecular weight is 451 g/mol. The van der Waals surface area contributed by atoms with Gasteiger partial charge in [-0.2, -0.15) is 0 Å². The summed E-state index contributed by atoms with van der Waals surface area (Å²) in [6.45, 7) is -0.0667. The molecule has 5 nitrogen and oxygen atoms in total. The number of anilines is 1. The van der Waals surface area contributed by atoms with Crippen molar-refractivity contribution in [1.29, 1.82) is 0 Å². The Bertz CT molecular complexity index is 1070. The Hall–Kier alpha value is -3.12. The topological polar surface area (TPSA) is 58.6 Å². The number of benzene rings is 3. The van der Waals surface area contributed by atoms with Crippen LogP contribution in [0.2, 0.25) is 0 Å². The van der Waals surface area contributed by atoms with Crippen molar-refractivity contribution in [3.05, 3.63) is 94.0 Å². The van der Waals surface area contributed by atoms with Gasteiger partial charge in [-0.15, -0.1) is 0 Å². The van der Waals surface area contributed by atoms with Crippen LogP contribution in [-0.2, 0) is 4.79 Å². The predicted molar refractivity (Wildman–Crippen MR) is 115 cm³/mol. The van der Waals surface area contributed by atoms with Gasteiger partial charge in [0.2, 0.25) is 5.91 Å². The van der Waals surface area contributed by atoms with Crippen LogP contribution in [0.15, 0.2) is 77.3 Å². The molecular formula is C23H19BrN2O3. The van der Waals surface area contributed by atoms with E-state index in [9.17, 15) is 9.59 Å². The van der Waals surface area contributed by atoms with Gasteiger partial charge in [-0.1, -0.05) is 58.4 Å². The fraction of sp³-hybridized carbons (Fsp3) is 0.130. The molecule has 0 unspecified atom stereocenters. The summed E-state index contributed by atoms with van der Waals surface area (Å²) in [5, 5.41) is 2.93. The molecule has 1 heterocycles. The third-order valence-corrected chi connectivity index (χ3v) is 5.41. The smallest absolute Gasteiger partial charge is 0.258 e. The summed E-state index contributed by atoms with van der Waals surface area (Å²) in [4.78, 5) is 27.9. The maximum absolute atomic E-state index is 13.6. The number of carbonyl (C=O) groups is 2. The van der Waals surface area contributed by atoms with Gasteiger partial charge in [-0.25, -0.2) is 0 Å². The lowest BCUT2D eigenvalue weighted by molar-refractivity contribution is -0.117. The van der Waals surface area contributed by atoms with Crippen molar-refractivity contribution < 1.29 is 14.3 Å². The van der Waals surface area contributed by atoms with Crippen molar-refractivity contribution >= 4 is 33.4 Å². The van der Waals surface area contributed by atoms with Crippen molar-refractivity contribution in [2.24, 2.45) is 0 Å². The summed E-state index contributed by atoms with van der Waals surface area (Å²) in [5.41, 5.74) is 2.89. The van der Waals surface area contributed by atoms with Gasteiger partial charge >= 0.3 is 0 Å². The second kappa shape index (κ2) is 8.09. The maximum Gasteiger partial charge on any atom is 0.258 e. The van der Waals surface area contributed by atoms with Crippen molar-refractivity contribution in [2.45, 2.75) is 6.04 Å². The zero-order valence-electron chi connectivity index (χ0n) is 15.8. The molecule has 0 saturated heterocycles. The molecule has 1 aliphatic heterocycles. The molecule has 0 aliphatic carbocycles. The van der Waals surface area contributed by atoms with E-state index in [1.807, 2.05) is 54.6 Å². The molecule has 2 amide bonds. The van der Waals surface area contributed by atoms with Gasteiger partial charge in [0.1, 0.15) is 12.3 Å². The minimum atomic E-state index is -0.430. The molecule has 0 fully saturated rings. The van der Waals surface area contributed by atoms with E-state index in [4.69, 9.17) is 4.74 Å². The average Bonchev–Trinajstić information content (AvgIpc) is 2.89. The number of methoxy groups -OCH3 is 1. The maximum atomic E-state index is 13.6. The summed E-state index contributed by atoms with van der Waals surface area (Å²) in [5.74, 6) is -0.0297. The molecule has 29 heavy (non-hydrogen) atoms. The van der Waals surface area contributed by atoms with E-state index < -0.39 is 6.04 Å². The van der Waals surface area contributed by atoms with E-state index in [0.717, 1.165) is 15.6 Å². The van der Waals surface area contributed by atoms with Crippen LogP contribution >= 0.6 is 15.9 Å². The van der Waals surface area contributed by atoms with Gasteiger partial charge in [0.25, 0.3) is 5.91 Å². The van der Waals surface area contributed by atoms with Gasteiger partial charge in [-0.05, 0) is 35.9 Å². The summed E-state index contributed by atoms with van der Waals surface area (Å²) < 4.78 is 6.26. The van der Waals surface area contributed by atoms with Crippen LogP contribution in [0.4, 0.5) is 5.69 Å². The number of carbonyl (C=O) groups excluding carboxylic acids is 2. The van der Waals surface area contributed by atoms with Crippen molar-refractivity contribution in [3.8, 4) is 5.75 Å². The van der Waals surface area contributed by atoms with E-state index in [0.29, 0.717) is 17.0 Å². The number of hydrogen-bond acceptors (Lipinski definition) is 3. The third kappa shape index (κ3) is 3.76. The molecule has 3 aromatic carbocycles. The quantitative estimate of drug-likeness (QED) is 0.631. The molecule has 146 valence electrons. The van der Waals surface area contributed by atoms with Crippen LogP contribution in [0, 0.1) is 0 Å². The van der Waals surface area contributed by atoms with Crippen LogP contribution in [0.1, 0.15) is 27.5 Å². The highest BCUT2D eigenvalue weighted by Crippen LogP contribution is 2.38. The fourth-order valence-corrected chi connectivity index (χ4v) is 4.02. The summed E-state index contributed by atoms with van der Waals surface area (Å²) >= 11 is 3.52. The summed E-state index contributed by atoms with van der Waals surface area (Å²) in [7, 11) is 1.53. The molecule has 1 aliphatic rings. The Kier molecular flexibility index (Phi) is 5.36. The first kappa shape index (κ1) is 19.2. The Morgan fingerprint density at radius 1 is 1.07 bits per heavy atom. The highest BCUT2D eigenvalue weighted by Gasteiger charge is 2.34. The Balaban J connectivity index is 1.90. The van der Waals surface area contributed by atoms with Gasteiger partial charge in [0.05, 0.1) is 18.7 Å². The molecule has 0 aromatic heterocycles. The zero-order valence-corrected chi connectivity index (χ0v) is 17.3. The molecule has 1 atom stereocenters. The number of fused-ring (bicyclic) bond motifs is 1. The second-order valence-electron chi connectivity index (χ2n) is 6.73. The molecule has 0 spiro atoms. The minimum Gasteiger partial charge on any atom is -0.496 e. The molecule has 0 radical (unpaired) electrons. The van der Waals surface area contributed by atoms with E-state index in [2.05, 4.69) is 21.2 Å². The highest BCUT2D eigenvalue weighted by atomic mass is 79.9. The standard InChI is InChI=1S/C23H19BrN2O3/c1-29-20-10-6-5-9-17(20)23(28)26-14-21(27)25-19-12-11-16(24)13-18(19)22(26)15-7-3-2-4-8-15/h2-13,22H,14H2,1H3,(H,25,27)/t22-/m0/s1. The van der Waals surface area contributed by atoms with E-state index in [-0.39, 0.29) is 18.4 Å². The minimum absolute atomic E-state index is 0.0667. The highest BCUT2D eigenvalue weighted by molar-refractivity contribution is 9.10. The number of para-hydroxylation sites is 1. The fourth-order valence-electron chi connectivity index (χ4n) is 3.64. The third-order valence-electron chi connectivity index (χ3n) is 4.92. The van der Waals surface area contributed by atoms with E-state index >= 15 is 0 Å². The molecule has 4 rings (SSSR count). The number of halogens is 1. The van der Waals surface area contributed by atoms with Gasteiger partial charge in [0, 0.05) is 15.7 Å². The second-order valence-corrected chi connectivity index (χ2v) is 7.64. The summed E-state index contributed by atoms with van der Waals surface area (Å²) in [6, 6.07) is 22.0. The lowest BCUT2D eigenvalue weighted by Crippen LogP contribution is -2.39. The zero-order chi connectivity index (χ0) is 20.4. The first-order chi connectivity index (χ1) is 14.1. The predicted octanol–water partition coefficient (Wildman–Crippen LogP) is 4.64. The molecule has 3 aromatic rings. The van der Waals surface area contributed by atoms with Crippen molar-refractivity contribution in [2.75, 3.05) is 19.0 Å². The van der Waals surface area contributed by atoms with Gasteiger partial charge < -0.3 is 15.0 Å². The Morgan fingerprint density at radius 2 is 1.79 bits per heavy atom. The normalized spacial score (nSPS) is 15.9. The van der Waals surface area contributed by atoms with Crippen molar-refractivity contribution in [1.82, 2.24) is 4.90 Å². The number of hydrogen-bond donors (Lipinski definition) is 1. The molecular weight excluding hydrogens is 432 g/mol. The lowest BCUT2D eigenvalue weighted by Gasteiger charge is -2.31. The SMILES string of the molecule is COc1ccccc1C(=O)N1CC(=O)Nc2ccc(Br)cc2[C@@H]1c1ccccc1. The first-order valence-electron chi connectivity index (χ1n) is 9.16. The molecule has 0 bridgehead atoms. The number of amides is 2. The molecule has 0 saturated carbocycles. The molecule has 1 N–H and O–H groups in total. The van der Waals surface area contributed by atoms with Gasteiger partial charge in [-0.3, -0.25) is 9.59 Å².